The monoisotopic (exact) mass is 598 g/mol. The molecule has 1 amide bonds. The number of rotatable bonds is 9. The van der Waals surface area contributed by atoms with Gasteiger partial charge in [-0.05, 0) is 65.3 Å². The smallest absolute Gasteiger partial charge is 0.332 e. The largest absolute Gasteiger partial charge is 0.380 e. The molecule has 0 radical (unpaired) electrons. The number of nitrogens with one attached hydrogen (secondary N) is 1. The van der Waals surface area contributed by atoms with E-state index in [4.69, 9.17) is 5.73 Å². The van der Waals surface area contributed by atoms with Gasteiger partial charge in [-0.2, -0.15) is 4.72 Å². The van der Waals surface area contributed by atoms with E-state index in [1.165, 1.54) is 12.5 Å². The Balaban J connectivity index is 1.40. The number of hydrogen-bond acceptors (Lipinski definition) is 6. The summed E-state index contributed by atoms with van der Waals surface area (Å²) >= 11 is 0. The van der Waals surface area contributed by atoms with Crippen LogP contribution >= 0.6 is 0 Å². The summed E-state index contributed by atoms with van der Waals surface area (Å²) in [5, 5.41) is 5.34. The van der Waals surface area contributed by atoms with Crippen LogP contribution in [0.25, 0.3) is 10.8 Å². The Labute approximate surface area is 251 Å². The van der Waals surface area contributed by atoms with Crippen molar-refractivity contribution in [3.05, 3.63) is 114 Å². The highest BCUT2D eigenvalue weighted by atomic mass is 32.2. The quantitative estimate of drug-likeness (QED) is 0.128. The molecule has 0 saturated carbocycles. The molecule has 5 rings (SSSR count). The van der Waals surface area contributed by atoms with E-state index in [1.807, 2.05) is 42.5 Å². The van der Waals surface area contributed by atoms with Crippen LogP contribution < -0.4 is 10.5 Å². The van der Waals surface area contributed by atoms with Gasteiger partial charge in [0.2, 0.25) is 15.9 Å². The number of likely N-dealkylation sites (tertiary alicyclic amines) is 1. The van der Waals surface area contributed by atoms with Crippen LogP contribution in [0.5, 0.6) is 0 Å². The van der Waals surface area contributed by atoms with Crippen molar-refractivity contribution in [2.75, 3.05) is 13.1 Å². The van der Waals surface area contributed by atoms with Crippen molar-refractivity contribution in [1.29, 1.82) is 0 Å². The number of fused-ring (bicyclic) bond motifs is 1. The molecule has 43 heavy (non-hydrogen) atoms. The predicted octanol–water partition coefficient (Wildman–Crippen LogP) is 4.32. The maximum atomic E-state index is 14.0. The Morgan fingerprint density at radius 3 is 2.35 bits per heavy atom. The highest BCUT2D eigenvalue weighted by molar-refractivity contribution is 7.89. The number of oxime groups is 1. The van der Waals surface area contributed by atoms with Gasteiger partial charge in [0.05, 0.1) is 4.90 Å². The van der Waals surface area contributed by atoms with Gasteiger partial charge in [0.15, 0.2) is 5.84 Å². The third kappa shape index (κ3) is 7.46. The minimum absolute atomic E-state index is 0.0142. The van der Waals surface area contributed by atoms with E-state index < -0.39 is 22.0 Å². The number of nitrogens with two attached hydrogens (primary N) is 1. The number of hydrogen-bond donors (Lipinski definition) is 2. The Hall–Kier alpha value is -4.54. The lowest BCUT2D eigenvalue weighted by molar-refractivity contribution is -0.141. The summed E-state index contributed by atoms with van der Waals surface area (Å²) in [7, 11) is -4.06. The molecule has 10 heteroatoms. The number of sulfonamides is 1. The molecule has 1 unspecified atom stereocenters. The van der Waals surface area contributed by atoms with E-state index in [9.17, 15) is 18.0 Å². The van der Waals surface area contributed by atoms with Crippen molar-refractivity contribution in [3.8, 4) is 0 Å². The lowest BCUT2D eigenvalue weighted by Gasteiger charge is -2.34. The van der Waals surface area contributed by atoms with Gasteiger partial charge in [0.1, 0.15) is 6.04 Å². The van der Waals surface area contributed by atoms with E-state index in [0.29, 0.717) is 30.1 Å². The topological polar surface area (TPSA) is 131 Å². The van der Waals surface area contributed by atoms with Crippen molar-refractivity contribution in [2.45, 2.75) is 43.0 Å². The average molecular weight is 599 g/mol. The highest BCUT2D eigenvalue weighted by Gasteiger charge is 2.32. The van der Waals surface area contributed by atoms with Crippen LogP contribution in [0.15, 0.2) is 107 Å². The van der Waals surface area contributed by atoms with Gasteiger partial charge in [0.25, 0.3) is 0 Å². The molecule has 1 aliphatic heterocycles. The van der Waals surface area contributed by atoms with E-state index in [1.54, 1.807) is 47.4 Å². The second-order valence-corrected chi connectivity index (χ2v) is 12.4. The third-order valence-electron chi connectivity index (χ3n) is 7.64. The molecule has 0 bridgehead atoms. The van der Waals surface area contributed by atoms with Crippen LogP contribution in [0, 0.1) is 0 Å². The minimum Gasteiger partial charge on any atom is -0.380 e. The van der Waals surface area contributed by atoms with Crippen LogP contribution in [0.1, 0.15) is 42.4 Å². The predicted molar refractivity (Wildman–Crippen MR) is 166 cm³/mol. The molecule has 0 aromatic heterocycles. The molecule has 1 aliphatic rings. The fourth-order valence-electron chi connectivity index (χ4n) is 5.41. The standard InChI is InChI=1S/C33H34N4O5S/c1-23(38)42-35-32(34)29-13-7-8-24(20-29)21-31(33(39)37-18-16-27(17-19-37)25-9-3-2-4-10-25)36-43(40,41)30-15-14-26-11-5-6-12-28(26)22-30/h2-15,20,22,27,31,36H,16-19,21H2,1H3,(H2,34,35). The normalized spacial score (nSPS) is 15.3. The first kappa shape index (κ1) is 29.9. The maximum Gasteiger partial charge on any atom is 0.332 e. The maximum absolute atomic E-state index is 14.0. The van der Waals surface area contributed by atoms with Gasteiger partial charge in [-0.3, -0.25) is 4.79 Å². The molecule has 9 nitrogen and oxygen atoms in total. The second kappa shape index (κ2) is 13.2. The molecule has 4 aromatic carbocycles. The molecule has 222 valence electrons. The Morgan fingerprint density at radius 2 is 1.63 bits per heavy atom. The van der Waals surface area contributed by atoms with Gasteiger partial charge in [-0.15, -0.1) is 0 Å². The van der Waals surface area contributed by atoms with Crippen molar-refractivity contribution in [1.82, 2.24) is 9.62 Å². The first-order chi connectivity index (χ1) is 20.7. The van der Waals surface area contributed by atoms with Crippen molar-refractivity contribution in [2.24, 2.45) is 10.9 Å². The van der Waals surface area contributed by atoms with E-state index in [0.717, 1.165) is 23.6 Å². The number of carbonyl (C=O) groups is 2. The number of piperidine rings is 1. The van der Waals surface area contributed by atoms with Crippen molar-refractivity contribution >= 4 is 38.5 Å². The fourth-order valence-corrected chi connectivity index (χ4v) is 6.63. The zero-order valence-electron chi connectivity index (χ0n) is 23.8. The summed E-state index contributed by atoms with van der Waals surface area (Å²) < 4.78 is 30.0. The first-order valence-corrected chi connectivity index (χ1v) is 15.6. The second-order valence-electron chi connectivity index (χ2n) is 10.7. The van der Waals surface area contributed by atoms with E-state index in [2.05, 4.69) is 26.8 Å². The van der Waals surface area contributed by atoms with Gasteiger partial charge in [-0.1, -0.05) is 84.0 Å². The van der Waals surface area contributed by atoms with Crippen LogP contribution in [0.3, 0.4) is 0 Å². The number of nitrogens with zero attached hydrogens (tertiary/aromatic N) is 2. The van der Waals surface area contributed by atoms with Crippen LogP contribution in [0.4, 0.5) is 0 Å². The number of amidine groups is 1. The van der Waals surface area contributed by atoms with Gasteiger partial charge in [0, 0.05) is 25.6 Å². The molecule has 1 heterocycles. The fraction of sp³-hybridized carbons (Fsp3) is 0.242. The molecular weight excluding hydrogens is 564 g/mol. The van der Waals surface area contributed by atoms with Crippen LogP contribution in [0.2, 0.25) is 0 Å². The van der Waals surface area contributed by atoms with Gasteiger partial charge < -0.3 is 15.5 Å². The molecule has 0 aliphatic carbocycles. The Bertz CT molecular complexity index is 1750. The van der Waals surface area contributed by atoms with Crippen LogP contribution in [-0.4, -0.2) is 50.2 Å². The molecular formula is C33H34N4O5S. The summed E-state index contributed by atoms with van der Waals surface area (Å²) in [6, 6.07) is 28.5. The molecule has 1 fully saturated rings. The SMILES string of the molecule is CC(=O)ON=C(N)c1cccc(CC(NS(=O)(=O)c2ccc3ccccc3c2)C(=O)N2CCC(c3ccccc3)CC2)c1. The summed E-state index contributed by atoms with van der Waals surface area (Å²) in [6.07, 6.45) is 1.66. The molecule has 4 aromatic rings. The van der Waals surface area contributed by atoms with Gasteiger partial charge in [-0.25, -0.2) is 13.2 Å². The lowest BCUT2D eigenvalue weighted by Crippen LogP contribution is -2.51. The van der Waals surface area contributed by atoms with E-state index >= 15 is 0 Å². The summed E-state index contributed by atoms with van der Waals surface area (Å²) in [5.74, 6) is -0.569. The molecule has 3 N–H and O–H groups in total. The zero-order chi connectivity index (χ0) is 30.4. The Kier molecular flexibility index (Phi) is 9.18. The summed E-state index contributed by atoms with van der Waals surface area (Å²) in [5.41, 5.74) is 8.38. The summed E-state index contributed by atoms with van der Waals surface area (Å²) in [4.78, 5) is 31.6. The molecule has 0 spiro atoms. The number of benzene rings is 4. The highest BCUT2D eigenvalue weighted by Crippen LogP contribution is 2.28. The van der Waals surface area contributed by atoms with E-state index in [-0.39, 0.29) is 23.1 Å². The minimum atomic E-state index is -4.06. The third-order valence-corrected chi connectivity index (χ3v) is 9.11. The van der Waals surface area contributed by atoms with Crippen LogP contribution in [-0.2, 0) is 30.9 Å². The van der Waals surface area contributed by atoms with Gasteiger partial charge >= 0.3 is 5.97 Å². The first-order valence-electron chi connectivity index (χ1n) is 14.1. The molecule has 1 saturated heterocycles. The Morgan fingerprint density at radius 1 is 0.930 bits per heavy atom. The average Bonchev–Trinajstić information content (AvgIpc) is 3.03. The molecule has 1 atom stereocenters. The van der Waals surface area contributed by atoms with Crippen molar-refractivity contribution in [3.63, 3.8) is 0 Å². The number of carbonyl (C=O) groups excluding carboxylic acids is 2. The number of amides is 1. The van der Waals surface area contributed by atoms with Crippen molar-refractivity contribution < 1.29 is 22.8 Å². The summed E-state index contributed by atoms with van der Waals surface area (Å²) in [6.45, 7) is 2.26. The zero-order valence-corrected chi connectivity index (χ0v) is 24.7. The lowest BCUT2D eigenvalue weighted by atomic mass is 9.89.